The molecule has 0 unspecified atom stereocenters. The normalized spacial score (nSPS) is 10.6. The third kappa shape index (κ3) is 4.47. The van der Waals surface area contributed by atoms with Crippen molar-refractivity contribution in [2.45, 2.75) is 0 Å². The maximum atomic E-state index is 13.4. The second-order valence-corrected chi connectivity index (χ2v) is 7.69. The maximum Gasteiger partial charge on any atom is 0.269 e. The Balaban J connectivity index is 1.70. The van der Waals surface area contributed by atoms with Crippen LogP contribution in [0.4, 0.5) is 15.2 Å². The van der Waals surface area contributed by atoms with E-state index in [0.717, 1.165) is 0 Å². The summed E-state index contributed by atoms with van der Waals surface area (Å²) in [6.07, 6.45) is 0. The van der Waals surface area contributed by atoms with Crippen molar-refractivity contribution < 1.29 is 18.8 Å². The number of ether oxygens (including phenoxy) is 1. The van der Waals surface area contributed by atoms with Crippen molar-refractivity contribution >= 4 is 28.1 Å². The first kappa shape index (κ1) is 21.1. The van der Waals surface area contributed by atoms with Crippen molar-refractivity contribution in [1.29, 1.82) is 0 Å². The molecule has 0 radical (unpaired) electrons. The van der Waals surface area contributed by atoms with Gasteiger partial charge in [-0.2, -0.15) is 0 Å². The molecule has 9 heteroatoms. The lowest BCUT2D eigenvalue weighted by Gasteiger charge is -2.03. The van der Waals surface area contributed by atoms with Crippen LogP contribution in [0.15, 0.2) is 72.8 Å². The van der Waals surface area contributed by atoms with Gasteiger partial charge in [-0.25, -0.2) is 9.37 Å². The van der Waals surface area contributed by atoms with Gasteiger partial charge in [0.05, 0.1) is 22.6 Å². The Bertz CT molecular complexity index is 1270. The fourth-order valence-corrected chi connectivity index (χ4v) is 4.01. The van der Waals surface area contributed by atoms with Crippen LogP contribution in [0, 0.1) is 15.9 Å². The molecule has 4 aromatic rings. The number of anilines is 1. The van der Waals surface area contributed by atoms with Gasteiger partial charge in [0.25, 0.3) is 11.6 Å². The number of hydrogen-bond donors (Lipinski definition) is 1. The van der Waals surface area contributed by atoms with E-state index < -0.39 is 4.92 Å². The molecule has 0 spiro atoms. The lowest BCUT2D eigenvalue weighted by molar-refractivity contribution is -0.384. The number of nitro benzene ring substituents is 1. The number of hydrogen-bond acceptors (Lipinski definition) is 6. The Morgan fingerprint density at radius 3 is 2.22 bits per heavy atom. The number of rotatable bonds is 6. The van der Waals surface area contributed by atoms with Gasteiger partial charge < -0.3 is 4.74 Å². The summed E-state index contributed by atoms with van der Waals surface area (Å²) in [5.74, 6) is -0.0916. The van der Waals surface area contributed by atoms with Crippen LogP contribution >= 0.6 is 11.3 Å². The smallest absolute Gasteiger partial charge is 0.269 e. The molecule has 0 saturated heterocycles. The second kappa shape index (κ2) is 8.94. The summed E-state index contributed by atoms with van der Waals surface area (Å²) in [4.78, 5) is 28.4. The molecule has 0 aliphatic heterocycles. The predicted octanol–water partition coefficient (Wildman–Crippen LogP) is 5.79. The number of nitrogens with zero attached hydrogens (tertiary/aromatic N) is 2. The fourth-order valence-electron chi connectivity index (χ4n) is 3.02. The van der Waals surface area contributed by atoms with Gasteiger partial charge in [0, 0.05) is 23.3 Å². The van der Waals surface area contributed by atoms with Gasteiger partial charge in [0.15, 0.2) is 5.13 Å². The van der Waals surface area contributed by atoms with Gasteiger partial charge in [-0.3, -0.25) is 20.2 Å². The van der Waals surface area contributed by atoms with Gasteiger partial charge in [-0.05, 0) is 66.2 Å². The summed E-state index contributed by atoms with van der Waals surface area (Å²) < 4.78 is 18.5. The van der Waals surface area contributed by atoms with E-state index in [2.05, 4.69) is 10.3 Å². The maximum absolute atomic E-state index is 13.4. The first-order valence-corrected chi connectivity index (χ1v) is 10.2. The van der Waals surface area contributed by atoms with Crippen molar-refractivity contribution in [2.75, 3.05) is 12.4 Å². The van der Waals surface area contributed by atoms with E-state index in [1.54, 1.807) is 55.6 Å². The lowest BCUT2D eigenvalue weighted by Crippen LogP contribution is -2.11. The van der Waals surface area contributed by atoms with E-state index in [0.29, 0.717) is 38.1 Å². The van der Waals surface area contributed by atoms with Crippen molar-refractivity contribution in [3.8, 4) is 27.4 Å². The number of thiazole rings is 1. The Labute approximate surface area is 186 Å². The van der Waals surface area contributed by atoms with Crippen LogP contribution in [-0.4, -0.2) is 22.9 Å². The van der Waals surface area contributed by atoms with Crippen molar-refractivity contribution in [3.05, 3.63) is 94.3 Å². The van der Waals surface area contributed by atoms with E-state index in [1.165, 1.54) is 35.6 Å². The number of amides is 1. The highest BCUT2D eigenvalue weighted by atomic mass is 32.1. The number of nitro groups is 1. The summed E-state index contributed by atoms with van der Waals surface area (Å²) >= 11 is 1.23. The molecular weight excluding hydrogens is 433 g/mol. The summed E-state index contributed by atoms with van der Waals surface area (Å²) in [6, 6.07) is 18.5. The van der Waals surface area contributed by atoms with E-state index in [9.17, 15) is 19.3 Å². The molecule has 7 nitrogen and oxygen atoms in total. The largest absolute Gasteiger partial charge is 0.497 e. The molecule has 3 aromatic carbocycles. The molecule has 160 valence electrons. The molecule has 1 amide bonds. The van der Waals surface area contributed by atoms with Crippen LogP contribution < -0.4 is 10.1 Å². The minimum absolute atomic E-state index is 0.0328. The van der Waals surface area contributed by atoms with E-state index in [1.807, 2.05) is 0 Å². The number of carbonyl (C=O) groups is 1. The molecule has 4 rings (SSSR count). The monoisotopic (exact) mass is 449 g/mol. The van der Waals surface area contributed by atoms with E-state index >= 15 is 0 Å². The lowest BCUT2D eigenvalue weighted by atomic mass is 10.1. The SMILES string of the molecule is COc1ccc(C(=O)Nc2nc(-c3ccc(F)cc3)c(-c3ccc([N+](=O)[O-])cc3)s2)cc1. The standard InChI is InChI=1S/C23H16FN3O4S/c1-31-19-12-6-16(7-13-19)22(28)26-23-25-20(14-2-8-17(24)9-3-14)21(32-23)15-4-10-18(11-5-15)27(29)30/h2-13H,1H3,(H,25,26,28). The zero-order chi connectivity index (χ0) is 22.7. The highest BCUT2D eigenvalue weighted by molar-refractivity contribution is 7.19. The van der Waals surface area contributed by atoms with Crippen LogP contribution in [0.3, 0.4) is 0 Å². The molecule has 0 atom stereocenters. The number of benzene rings is 3. The van der Waals surface area contributed by atoms with E-state index in [4.69, 9.17) is 4.74 Å². The third-order valence-corrected chi connectivity index (χ3v) is 5.68. The molecule has 1 heterocycles. The highest BCUT2D eigenvalue weighted by Crippen LogP contribution is 2.39. The predicted molar refractivity (Wildman–Crippen MR) is 121 cm³/mol. The average Bonchev–Trinajstić information content (AvgIpc) is 3.23. The molecule has 32 heavy (non-hydrogen) atoms. The first-order chi connectivity index (χ1) is 15.4. The Hall–Kier alpha value is -4.11. The minimum Gasteiger partial charge on any atom is -0.497 e. The highest BCUT2D eigenvalue weighted by Gasteiger charge is 2.18. The van der Waals surface area contributed by atoms with Gasteiger partial charge >= 0.3 is 0 Å². The average molecular weight is 449 g/mol. The number of halogens is 1. The number of methoxy groups -OCH3 is 1. The Morgan fingerprint density at radius 2 is 1.62 bits per heavy atom. The molecule has 1 aromatic heterocycles. The van der Waals surface area contributed by atoms with Gasteiger partial charge in [-0.15, -0.1) is 0 Å². The van der Waals surface area contributed by atoms with E-state index in [-0.39, 0.29) is 17.4 Å². The molecule has 0 aliphatic carbocycles. The summed E-state index contributed by atoms with van der Waals surface area (Å²) in [6.45, 7) is 0. The fraction of sp³-hybridized carbons (Fsp3) is 0.0435. The van der Waals surface area contributed by atoms with Crippen molar-refractivity contribution in [3.63, 3.8) is 0 Å². The first-order valence-electron chi connectivity index (χ1n) is 9.41. The molecule has 0 fully saturated rings. The summed E-state index contributed by atoms with van der Waals surface area (Å²) in [5, 5.41) is 14.1. The Morgan fingerprint density at radius 1 is 1.00 bits per heavy atom. The summed E-state index contributed by atoms with van der Waals surface area (Å²) in [5.41, 5.74) is 2.28. The number of aromatic nitrogens is 1. The van der Waals surface area contributed by atoms with Crippen LogP contribution in [0.25, 0.3) is 21.7 Å². The molecule has 0 bridgehead atoms. The minimum atomic E-state index is -0.474. The zero-order valence-corrected chi connectivity index (χ0v) is 17.6. The topological polar surface area (TPSA) is 94.4 Å². The van der Waals surface area contributed by atoms with Crippen LogP contribution in [0.1, 0.15) is 10.4 Å². The van der Waals surface area contributed by atoms with Crippen LogP contribution in [-0.2, 0) is 0 Å². The quantitative estimate of drug-likeness (QED) is 0.297. The van der Waals surface area contributed by atoms with Crippen LogP contribution in [0.5, 0.6) is 5.75 Å². The molecule has 0 saturated carbocycles. The van der Waals surface area contributed by atoms with Gasteiger partial charge in [0.2, 0.25) is 0 Å². The van der Waals surface area contributed by atoms with Crippen LogP contribution in [0.2, 0.25) is 0 Å². The molecular formula is C23H16FN3O4S. The number of non-ortho nitro benzene ring substituents is 1. The van der Waals surface area contributed by atoms with Crippen molar-refractivity contribution in [1.82, 2.24) is 4.98 Å². The number of nitrogens with one attached hydrogen (secondary N) is 1. The zero-order valence-electron chi connectivity index (χ0n) is 16.7. The number of carbonyl (C=O) groups excluding carboxylic acids is 1. The van der Waals surface area contributed by atoms with Gasteiger partial charge in [0.1, 0.15) is 11.6 Å². The van der Waals surface area contributed by atoms with Gasteiger partial charge in [-0.1, -0.05) is 11.3 Å². The second-order valence-electron chi connectivity index (χ2n) is 6.69. The Kier molecular flexibility index (Phi) is 5.91. The van der Waals surface area contributed by atoms with Crippen molar-refractivity contribution in [2.24, 2.45) is 0 Å². The molecule has 1 N–H and O–H groups in total. The summed E-state index contributed by atoms with van der Waals surface area (Å²) in [7, 11) is 1.54. The third-order valence-electron chi connectivity index (χ3n) is 4.66. The molecule has 0 aliphatic rings.